The fourth-order valence-electron chi connectivity index (χ4n) is 1.77. The van der Waals surface area contributed by atoms with Crippen molar-refractivity contribution in [3.8, 4) is 5.69 Å². The van der Waals surface area contributed by atoms with Gasteiger partial charge in [-0.25, -0.2) is 4.68 Å². The first-order valence-electron chi connectivity index (χ1n) is 6.45. The predicted molar refractivity (Wildman–Crippen MR) is 89.4 cm³/mol. The van der Waals surface area contributed by atoms with Gasteiger partial charge in [0.1, 0.15) is 0 Å². The summed E-state index contributed by atoms with van der Waals surface area (Å²) in [5.41, 5.74) is 1.34. The maximum atomic E-state index is 11.9. The molecule has 0 saturated carbocycles. The van der Waals surface area contributed by atoms with Crippen LogP contribution in [0.2, 0.25) is 0 Å². The Morgan fingerprint density at radius 3 is 2.86 bits per heavy atom. The van der Waals surface area contributed by atoms with Crippen LogP contribution in [0.15, 0.2) is 41.0 Å². The van der Waals surface area contributed by atoms with E-state index in [-0.39, 0.29) is 18.3 Å². The molecule has 21 heavy (non-hydrogen) atoms. The molecular weight excluding hydrogens is 356 g/mol. The molecule has 2 aromatic rings. The molecule has 1 heterocycles. The molecule has 1 amide bonds. The van der Waals surface area contributed by atoms with Crippen LogP contribution in [0, 0.1) is 0 Å². The van der Waals surface area contributed by atoms with Crippen LogP contribution < -0.4 is 10.6 Å². The summed E-state index contributed by atoms with van der Waals surface area (Å²) in [7, 11) is 1.89. The highest BCUT2D eigenvalue weighted by atomic mass is 79.9. The Labute approximate surface area is 138 Å². The zero-order valence-electron chi connectivity index (χ0n) is 11.7. The number of hydrogen-bond acceptors (Lipinski definition) is 3. The van der Waals surface area contributed by atoms with Crippen LogP contribution in [-0.2, 0) is 0 Å². The minimum absolute atomic E-state index is 0. The lowest BCUT2D eigenvalue weighted by molar-refractivity contribution is 0.0948. The van der Waals surface area contributed by atoms with Gasteiger partial charge in [-0.2, -0.15) is 5.10 Å². The number of carbonyl (C=O) groups is 1. The van der Waals surface area contributed by atoms with E-state index >= 15 is 0 Å². The van der Waals surface area contributed by atoms with E-state index in [1.807, 2.05) is 31.3 Å². The first-order chi connectivity index (χ1) is 9.70. The molecule has 0 aliphatic carbocycles. The third kappa shape index (κ3) is 5.15. The highest BCUT2D eigenvalue weighted by Crippen LogP contribution is 2.15. The summed E-state index contributed by atoms with van der Waals surface area (Å²) in [6, 6.07) is 9.48. The number of hydrogen-bond donors (Lipinski definition) is 2. The molecule has 0 spiro atoms. The molecule has 0 aliphatic rings. The van der Waals surface area contributed by atoms with Gasteiger partial charge >= 0.3 is 0 Å². The summed E-state index contributed by atoms with van der Waals surface area (Å²) in [6.07, 6.45) is 2.68. The van der Waals surface area contributed by atoms with Gasteiger partial charge in [0.2, 0.25) is 0 Å². The van der Waals surface area contributed by atoms with Crippen LogP contribution >= 0.6 is 28.3 Å². The Balaban J connectivity index is 0.00000220. The normalized spacial score (nSPS) is 10.0. The van der Waals surface area contributed by atoms with Crippen LogP contribution in [0.4, 0.5) is 0 Å². The second-order valence-corrected chi connectivity index (χ2v) is 5.25. The van der Waals surface area contributed by atoms with E-state index in [1.165, 1.54) is 0 Å². The van der Waals surface area contributed by atoms with Crippen molar-refractivity contribution in [2.75, 3.05) is 20.1 Å². The number of rotatable bonds is 6. The lowest BCUT2D eigenvalue weighted by atomic mass is 10.3. The molecule has 5 nitrogen and oxygen atoms in total. The Morgan fingerprint density at radius 1 is 1.33 bits per heavy atom. The van der Waals surface area contributed by atoms with E-state index in [2.05, 4.69) is 31.7 Å². The summed E-state index contributed by atoms with van der Waals surface area (Å²) in [5, 5.41) is 10.2. The quantitative estimate of drug-likeness (QED) is 0.765. The van der Waals surface area contributed by atoms with E-state index in [0.29, 0.717) is 12.2 Å². The van der Waals surface area contributed by atoms with Crippen molar-refractivity contribution in [3.63, 3.8) is 0 Å². The number of nitrogens with one attached hydrogen (secondary N) is 2. The first kappa shape index (κ1) is 17.7. The highest BCUT2D eigenvalue weighted by Gasteiger charge is 2.09. The van der Waals surface area contributed by atoms with E-state index in [1.54, 1.807) is 16.9 Å². The number of nitrogens with zero attached hydrogens (tertiary/aromatic N) is 2. The standard InChI is InChI=1S/C14H17BrN4O.ClH/c1-16-7-3-8-17-14(20)13-6-9-19(18-13)12-5-2-4-11(15)10-12;/h2,4-6,9-10,16H,3,7-8H2,1H3,(H,17,20);1H. The summed E-state index contributed by atoms with van der Waals surface area (Å²) in [6.45, 7) is 1.52. The van der Waals surface area contributed by atoms with Crippen molar-refractivity contribution in [3.05, 3.63) is 46.7 Å². The molecule has 0 atom stereocenters. The minimum Gasteiger partial charge on any atom is -0.351 e. The molecule has 1 aromatic carbocycles. The number of amides is 1. The number of halogens is 2. The van der Waals surface area contributed by atoms with Gasteiger partial charge in [0.25, 0.3) is 5.91 Å². The van der Waals surface area contributed by atoms with E-state index in [9.17, 15) is 4.79 Å². The van der Waals surface area contributed by atoms with E-state index in [0.717, 1.165) is 23.1 Å². The Morgan fingerprint density at radius 2 is 2.14 bits per heavy atom. The monoisotopic (exact) mass is 372 g/mol. The highest BCUT2D eigenvalue weighted by molar-refractivity contribution is 9.10. The lowest BCUT2D eigenvalue weighted by Crippen LogP contribution is -2.27. The molecule has 2 rings (SSSR count). The first-order valence-corrected chi connectivity index (χ1v) is 7.24. The summed E-state index contributed by atoms with van der Waals surface area (Å²) in [5.74, 6) is -0.144. The van der Waals surface area contributed by atoms with E-state index < -0.39 is 0 Å². The molecule has 2 N–H and O–H groups in total. The molecule has 0 aliphatic heterocycles. The van der Waals surface area contributed by atoms with Gasteiger partial charge in [-0.1, -0.05) is 22.0 Å². The smallest absolute Gasteiger partial charge is 0.271 e. The number of benzene rings is 1. The third-order valence-electron chi connectivity index (χ3n) is 2.78. The molecule has 7 heteroatoms. The zero-order chi connectivity index (χ0) is 14.4. The topological polar surface area (TPSA) is 58.9 Å². The van der Waals surface area contributed by atoms with Gasteiger partial charge in [0.15, 0.2) is 5.69 Å². The van der Waals surface area contributed by atoms with Crippen molar-refractivity contribution < 1.29 is 4.79 Å². The largest absolute Gasteiger partial charge is 0.351 e. The van der Waals surface area contributed by atoms with Gasteiger partial charge in [0.05, 0.1) is 5.69 Å². The fraction of sp³-hybridized carbons (Fsp3) is 0.286. The Bertz CT molecular complexity index is 588. The Kier molecular flexibility index (Phi) is 7.42. The summed E-state index contributed by atoms with van der Waals surface area (Å²) in [4.78, 5) is 11.9. The van der Waals surface area contributed by atoms with Crippen LogP contribution in [0.3, 0.4) is 0 Å². The zero-order valence-corrected chi connectivity index (χ0v) is 14.1. The van der Waals surface area contributed by atoms with Crippen molar-refractivity contribution in [2.45, 2.75) is 6.42 Å². The van der Waals surface area contributed by atoms with Crippen LogP contribution in [0.5, 0.6) is 0 Å². The number of carbonyl (C=O) groups excluding carboxylic acids is 1. The van der Waals surface area contributed by atoms with E-state index in [4.69, 9.17) is 0 Å². The molecule has 0 radical (unpaired) electrons. The average Bonchev–Trinajstić information content (AvgIpc) is 2.93. The van der Waals surface area contributed by atoms with Gasteiger partial charge in [0, 0.05) is 17.2 Å². The molecule has 0 unspecified atom stereocenters. The molecule has 0 fully saturated rings. The fourth-order valence-corrected chi connectivity index (χ4v) is 2.15. The number of aromatic nitrogens is 2. The molecule has 0 bridgehead atoms. The van der Waals surface area contributed by atoms with Gasteiger partial charge in [-0.15, -0.1) is 12.4 Å². The SMILES string of the molecule is CNCCCNC(=O)c1ccn(-c2cccc(Br)c2)n1.Cl. The molecule has 0 saturated heterocycles. The maximum absolute atomic E-state index is 11.9. The van der Waals surface area contributed by atoms with Crippen LogP contribution in [-0.4, -0.2) is 35.8 Å². The van der Waals surface area contributed by atoms with Crippen LogP contribution in [0.25, 0.3) is 5.69 Å². The Hall–Kier alpha value is -1.37. The lowest BCUT2D eigenvalue weighted by Gasteiger charge is -2.03. The third-order valence-corrected chi connectivity index (χ3v) is 3.28. The second-order valence-electron chi connectivity index (χ2n) is 4.34. The molecular formula is C14H18BrClN4O. The second kappa shape index (κ2) is 8.81. The average molecular weight is 374 g/mol. The molecule has 1 aromatic heterocycles. The van der Waals surface area contributed by atoms with Crippen LogP contribution in [0.1, 0.15) is 16.9 Å². The van der Waals surface area contributed by atoms with Gasteiger partial charge in [-0.05, 0) is 44.3 Å². The van der Waals surface area contributed by atoms with Crippen molar-refractivity contribution in [2.24, 2.45) is 0 Å². The van der Waals surface area contributed by atoms with Crippen molar-refractivity contribution >= 4 is 34.2 Å². The van der Waals surface area contributed by atoms with Gasteiger partial charge in [-0.3, -0.25) is 4.79 Å². The van der Waals surface area contributed by atoms with Crippen molar-refractivity contribution in [1.82, 2.24) is 20.4 Å². The van der Waals surface area contributed by atoms with Gasteiger partial charge < -0.3 is 10.6 Å². The molecule has 114 valence electrons. The maximum Gasteiger partial charge on any atom is 0.271 e. The predicted octanol–water partition coefficient (Wildman–Crippen LogP) is 2.40. The summed E-state index contributed by atoms with van der Waals surface area (Å²) >= 11 is 3.42. The van der Waals surface area contributed by atoms with Crippen molar-refractivity contribution in [1.29, 1.82) is 0 Å². The minimum atomic E-state index is -0.144. The summed E-state index contributed by atoms with van der Waals surface area (Å²) < 4.78 is 2.66.